The normalized spacial score (nSPS) is 16.6. The first-order valence-electron chi connectivity index (χ1n) is 11.3. The van der Waals surface area contributed by atoms with E-state index >= 15 is 0 Å². The van der Waals surface area contributed by atoms with E-state index in [1.54, 1.807) is 60.9 Å². The van der Waals surface area contributed by atoms with Gasteiger partial charge in [0.15, 0.2) is 11.5 Å². The van der Waals surface area contributed by atoms with Crippen molar-refractivity contribution in [2.24, 2.45) is 5.73 Å². The number of nitrogens with one attached hydrogen (secondary N) is 1. The summed E-state index contributed by atoms with van der Waals surface area (Å²) in [4.78, 5) is 47.7. The topological polar surface area (TPSA) is 128 Å². The Morgan fingerprint density at radius 1 is 1.03 bits per heavy atom. The van der Waals surface area contributed by atoms with Crippen molar-refractivity contribution in [3.05, 3.63) is 88.9 Å². The van der Waals surface area contributed by atoms with Crippen molar-refractivity contribution in [1.29, 1.82) is 0 Å². The van der Waals surface area contributed by atoms with Crippen LogP contribution in [-0.4, -0.2) is 46.7 Å². The highest BCUT2D eigenvalue weighted by atomic mass is 16.5. The number of hydrogen-bond acceptors (Lipinski definition) is 7. The summed E-state index contributed by atoms with van der Waals surface area (Å²) in [6, 6.07) is 13.5. The number of carbonyl (C=O) groups excluding carboxylic acids is 3. The van der Waals surface area contributed by atoms with Crippen molar-refractivity contribution in [1.82, 2.24) is 15.3 Å². The summed E-state index contributed by atoms with van der Waals surface area (Å²) in [6.07, 6.45) is 6.64. The van der Waals surface area contributed by atoms with E-state index in [2.05, 4.69) is 20.2 Å². The number of Topliss-reactive ketones (excluding diaryl/α,β-unsaturated/α-hetero) is 1. The number of anilines is 1. The lowest BCUT2D eigenvalue weighted by Crippen LogP contribution is -2.45. The second kappa shape index (κ2) is 9.38. The third-order valence-electron chi connectivity index (χ3n) is 6.10. The molecule has 9 nitrogen and oxygen atoms in total. The van der Waals surface area contributed by atoms with Crippen LogP contribution >= 0.6 is 0 Å². The van der Waals surface area contributed by atoms with Crippen LogP contribution in [0, 0.1) is 0 Å². The predicted octanol–water partition coefficient (Wildman–Crippen LogP) is 2.59. The minimum Gasteiger partial charge on any atom is -0.452 e. The van der Waals surface area contributed by atoms with Crippen LogP contribution in [0.3, 0.4) is 0 Å². The molecule has 1 aromatic heterocycles. The number of fused-ring (bicyclic) bond motifs is 1. The number of nitrogens with two attached hydrogens (primary N) is 1. The van der Waals surface area contributed by atoms with Gasteiger partial charge in [0.1, 0.15) is 0 Å². The maximum absolute atomic E-state index is 12.7. The zero-order valence-corrected chi connectivity index (χ0v) is 18.8. The van der Waals surface area contributed by atoms with Crippen LogP contribution in [-0.2, 0) is 0 Å². The minimum absolute atomic E-state index is 0.0757. The Labute approximate surface area is 201 Å². The summed E-state index contributed by atoms with van der Waals surface area (Å²) in [5.41, 5.74) is 7.06. The number of aromatic nitrogens is 2. The van der Waals surface area contributed by atoms with Crippen molar-refractivity contribution in [2.45, 2.75) is 18.9 Å². The van der Waals surface area contributed by atoms with Crippen LogP contribution in [0.15, 0.2) is 66.7 Å². The molecule has 5 rings (SSSR count). The van der Waals surface area contributed by atoms with Gasteiger partial charge in [-0.25, -0.2) is 9.97 Å². The van der Waals surface area contributed by atoms with Crippen LogP contribution in [0.4, 0.5) is 5.95 Å². The number of para-hydroxylation sites is 1. The molecule has 0 saturated carbocycles. The van der Waals surface area contributed by atoms with Gasteiger partial charge in [0, 0.05) is 37.1 Å². The Morgan fingerprint density at radius 2 is 1.74 bits per heavy atom. The lowest BCUT2D eigenvalue weighted by atomic mass is 10.0. The molecule has 35 heavy (non-hydrogen) atoms. The number of allylic oxidation sites excluding steroid dienone is 1. The summed E-state index contributed by atoms with van der Waals surface area (Å²) >= 11 is 0. The summed E-state index contributed by atoms with van der Waals surface area (Å²) in [7, 11) is 0. The number of rotatable bonds is 5. The number of nitrogens with zero attached hydrogens (tertiary/aromatic N) is 3. The fourth-order valence-corrected chi connectivity index (χ4v) is 4.23. The third-order valence-corrected chi connectivity index (χ3v) is 6.10. The molecule has 0 aliphatic carbocycles. The first kappa shape index (κ1) is 22.3. The number of carbonyl (C=O) groups is 3. The molecule has 1 saturated heterocycles. The van der Waals surface area contributed by atoms with E-state index in [9.17, 15) is 14.4 Å². The average molecular weight is 470 g/mol. The summed E-state index contributed by atoms with van der Waals surface area (Å²) < 4.78 is 5.65. The zero-order valence-electron chi connectivity index (χ0n) is 18.8. The fourth-order valence-electron chi connectivity index (χ4n) is 4.23. The lowest BCUT2D eigenvalue weighted by molar-refractivity contribution is 0.0929. The molecule has 3 N–H and O–H groups in total. The molecule has 0 spiro atoms. The van der Waals surface area contributed by atoms with E-state index in [1.807, 2.05) is 0 Å². The molecule has 2 amide bonds. The standard InChI is InChI=1S/C26H23N5O4/c27-24(33)20-4-1-3-19-22(32)21(35-23(19)20)15-16-5-7-17(8-6-16)25(34)30-18-9-13-31(14-10-18)26-28-11-2-12-29-26/h1-8,11-12,15,18H,9-10,13-14H2,(H2,27,33)(H,30,34)/b21-15-. The maximum Gasteiger partial charge on any atom is 0.252 e. The van der Waals surface area contributed by atoms with E-state index in [1.165, 1.54) is 6.07 Å². The van der Waals surface area contributed by atoms with Gasteiger partial charge in [-0.1, -0.05) is 18.2 Å². The predicted molar refractivity (Wildman–Crippen MR) is 129 cm³/mol. The molecule has 2 aliphatic heterocycles. The van der Waals surface area contributed by atoms with Gasteiger partial charge in [0.05, 0.1) is 11.1 Å². The highest BCUT2D eigenvalue weighted by Crippen LogP contribution is 2.35. The molecule has 0 unspecified atom stereocenters. The van der Waals surface area contributed by atoms with Gasteiger partial charge in [-0.2, -0.15) is 0 Å². The molecular formula is C26H23N5O4. The van der Waals surface area contributed by atoms with Crippen LogP contribution in [0.25, 0.3) is 6.08 Å². The van der Waals surface area contributed by atoms with Crippen LogP contribution in [0.2, 0.25) is 0 Å². The van der Waals surface area contributed by atoms with Crippen molar-refractivity contribution < 1.29 is 19.1 Å². The molecule has 176 valence electrons. The monoisotopic (exact) mass is 469 g/mol. The SMILES string of the molecule is NC(=O)c1cccc2c1O/C(=C\c1ccc(C(=O)NC3CCN(c4ncccn4)CC3)cc1)C2=O. The largest absolute Gasteiger partial charge is 0.452 e. The Morgan fingerprint density at radius 3 is 2.43 bits per heavy atom. The van der Waals surface area contributed by atoms with Crippen molar-refractivity contribution in [3.63, 3.8) is 0 Å². The molecule has 2 aromatic carbocycles. The second-order valence-electron chi connectivity index (χ2n) is 8.39. The fraction of sp³-hybridized carbons (Fsp3) is 0.192. The number of piperidine rings is 1. The van der Waals surface area contributed by atoms with Crippen molar-refractivity contribution >= 4 is 29.6 Å². The highest BCUT2D eigenvalue weighted by molar-refractivity contribution is 6.16. The van der Waals surface area contributed by atoms with E-state index in [0.29, 0.717) is 22.6 Å². The van der Waals surface area contributed by atoms with Crippen LogP contribution in [0.1, 0.15) is 49.5 Å². The number of amides is 2. The third kappa shape index (κ3) is 4.61. The van der Waals surface area contributed by atoms with E-state index < -0.39 is 5.91 Å². The van der Waals surface area contributed by atoms with Gasteiger partial charge in [0.2, 0.25) is 11.7 Å². The van der Waals surface area contributed by atoms with Crippen LogP contribution < -0.4 is 20.7 Å². The van der Waals surface area contributed by atoms with Crippen LogP contribution in [0.5, 0.6) is 5.75 Å². The Kier molecular flexibility index (Phi) is 5.97. The average Bonchev–Trinajstić information content (AvgIpc) is 3.20. The van der Waals surface area contributed by atoms with Gasteiger partial charge < -0.3 is 20.7 Å². The van der Waals surface area contributed by atoms with Crippen molar-refractivity contribution in [3.8, 4) is 5.75 Å². The summed E-state index contributed by atoms with van der Waals surface area (Å²) in [5.74, 6) is -0.148. The Hall–Kier alpha value is -4.53. The molecule has 3 aromatic rings. The number of primary amides is 1. The minimum atomic E-state index is -0.662. The Balaban J connectivity index is 1.21. The number of ketones is 1. The zero-order chi connectivity index (χ0) is 24.4. The molecule has 0 radical (unpaired) electrons. The number of hydrogen-bond donors (Lipinski definition) is 2. The quantitative estimate of drug-likeness (QED) is 0.550. The van der Waals surface area contributed by atoms with Gasteiger partial charge in [-0.05, 0) is 54.8 Å². The van der Waals surface area contributed by atoms with E-state index in [-0.39, 0.29) is 34.8 Å². The smallest absolute Gasteiger partial charge is 0.252 e. The molecule has 2 aliphatic rings. The number of ether oxygens (including phenoxy) is 1. The second-order valence-corrected chi connectivity index (χ2v) is 8.39. The van der Waals surface area contributed by atoms with E-state index in [4.69, 9.17) is 10.5 Å². The lowest BCUT2D eigenvalue weighted by Gasteiger charge is -2.32. The molecule has 1 fully saturated rings. The van der Waals surface area contributed by atoms with Gasteiger partial charge in [-0.3, -0.25) is 14.4 Å². The Bertz CT molecular complexity index is 1310. The highest BCUT2D eigenvalue weighted by Gasteiger charge is 2.30. The molecule has 9 heteroatoms. The van der Waals surface area contributed by atoms with Gasteiger partial charge >= 0.3 is 0 Å². The first-order chi connectivity index (χ1) is 17.0. The summed E-state index contributed by atoms with van der Waals surface area (Å²) in [6.45, 7) is 1.55. The van der Waals surface area contributed by atoms with E-state index in [0.717, 1.165) is 25.9 Å². The molecular weight excluding hydrogens is 446 g/mol. The number of benzene rings is 2. The molecule has 3 heterocycles. The van der Waals surface area contributed by atoms with Gasteiger partial charge in [-0.15, -0.1) is 0 Å². The first-order valence-corrected chi connectivity index (χ1v) is 11.3. The maximum atomic E-state index is 12.7. The van der Waals surface area contributed by atoms with Gasteiger partial charge in [0.25, 0.3) is 11.8 Å². The molecule has 0 bridgehead atoms. The molecule has 0 atom stereocenters. The van der Waals surface area contributed by atoms with Crippen molar-refractivity contribution in [2.75, 3.05) is 18.0 Å². The summed E-state index contributed by atoms with van der Waals surface area (Å²) in [5, 5.41) is 3.09.